The van der Waals surface area contributed by atoms with Crippen LogP contribution in [0.2, 0.25) is 0 Å². The van der Waals surface area contributed by atoms with E-state index in [9.17, 15) is 4.21 Å². The van der Waals surface area contributed by atoms with Crippen LogP contribution in [0.15, 0.2) is 12.1 Å². The zero-order valence-corrected chi connectivity index (χ0v) is 11.6. The van der Waals surface area contributed by atoms with Crippen molar-refractivity contribution in [2.75, 3.05) is 18.9 Å². The van der Waals surface area contributed by atoms with Crippen LogP contribution in [-0.4, -0.2) is 22.7 Å². The fraction of sp³-hybridized carbons (Fsp3) is 0.538. The number of nitrogen functional groups attached to an aromatic ring is 1. The predicted molar refractivity (Wildman–Crippen MR) is 73.4 cm³/mol. The molecule has 1 aromatic rings. The maximum atomic E-state index is 12.0. The molecule has 0 saturated carbocycles. The van der Waals surface area contributed by atoms with E-state index in [-0.39, 0.29) is 5.25 Å². The van der Waals surface area contributed by atoms with Gasteiger partial charge in [-0.25, -0.2) is 0 Å². The number of benzene rings is 1. The molecule has 2 N–H and O–H groups in total. The molecule has 1 aliphatic rings. The zero-order valence-electron chi connectivity index (χ0n) is 10.8. The third-order valence-corrected chi connectivity index (χ3v) is 4.95. The van der Waals surface area contributed by atoms with Crippen molar-refractivity contribution in [1.82, 2.24) is 0 Å². The van der Waals surface area contributed by atoms with Gasteiger partial charge in [-0.05, 0) is 18.1 Å². The molecule has 5 heteroatoms. The molecule has 0 fully saturated rings. The van der Waals surface area contributed by atoms with Gasteiger partial charge in [0, 0.05) is 27.8 Å². The minimum Gasteiger partial charge on any atom is -0.486 e. The molecule has 2 atom stereocenters. The Bertz CT molecular complexity index is 462. The monoisotopic (exact) mass is 269 g/mol. The largest absolute Gasteiger partial charge is 0.486 e. The van der Waals surface area contributed by atoms with E-state index >= 15 is 0 Å². The van der Waals surface area contributed by atoms with Crippen LogP contribution in [0, 0.1) is 0 Å². The van der Waals surface area contributed by atoms with Crippen molar-refractivity contribution in [1.29, 1.82) is 0 Å². The van der Waals surface area contributed by atoms with Crippen LogP contribution in [-0.2, 0) is 16.6 Å². The van der Waals surface area contributed by atoms with Crippen molar-refractivity contribution in [3.63, 3.8) is 0 Å². The third-order valence-electron chi connectivity index (χ3n) is 3.13. The number of fused-ring (bicyclic) bond motifs is 1. The second-order valence-electron chi connectivity index (χ2n) is 4.44. The molecule has 0 saturated heterocycles. The van der Waals surface area contributed by atoms with E-state index in [1.165, 1.54) is 0 Å². The maximum absolute atomic E-state index is 12.0. The van der Waals surface area contributed by atoms with Gasteiger partial charge in [-0.1, -0.05) is 13.8 Å². The number of hydrogen-bond donors (Lipinski definition) is 1. The molecule has 18 heavy (non-hydrogen) atoms. The third kappa shape index (κ3) is 2.77. The SMILES string of the molecule is CCC(C)S(=O)Cc1cc2c(cc1N)OCCO2. The highest BCUT2D eigenvalue weighted by Gasteiger charge is 2.17. The molecule has 1 aliphatic heterocycles. The zero-order chi connectivity index (χ0) is 13.1. The van der Waals surface area contributed by atoms with Crippen LogP contribution >= 0.6 is 0 Å². The van der Waals surface area contributed by atoms with Crippen LogP contribution in [0.5, 0.6) is 11.5 Å². The minimum absolute atomic E-state index is 0.178. The highest BCUT2D eigenvalue weighted by Crippen LogP contribution is 2.35. The predicted octanol–water partition coefficient (Wildman–Crippen LogP) is 2.09. The lowest BCUT2D eigenvalue weighted by Gasteiger charge is -2.20. The van der Waals surface area contributed by atoms with Gasteiger partial charge >= 0.3 is 0 Å². The van der Waals surface area contributed by atoms with Gasteiger partial charge in [0.2, 0.25) is 0 Å². The van der Waals surface area contributed by atoms with Crippen LogP contribution in [0.4, 0.5) is 5.69 Å². The highest BCUT2D eigenvalue weighted by atomic mass is 32.2. The quantitative estimate of drug-likeness (QED) is 0.850. The first kappa shape index (κ1) is 13.2. The molecule has 1 heterocycles. The first-order valence-corrected chi connectivity index (χ1v) is 7.55. The Morgan fingerprint density at radius 2 is 1.94 bits per heavy atom. The summed E-state index contributed by atoms with van der Waals surface area (Å²) < 4.78 is 23.0. The smallest absolute Gasteiger partial charge is 0.163 e. The van der Waals surface area contributed by atoms with E-state index < -0.39 is 10.8 Å². The summed E-state index contributed by atoms with van der Waals surface area (Å²) in [6.07, 6.45) is 0.900. The number of hydrogen-bond acceptors (Lipinski definition) is 4. The van der Waals surface area contributed by atoms with Crippen LogP contribution in [0.3, 0.4) is 0 Å². The minimum atomic E-state index is -0.903. The molecule has 0 spiro atoms. The summed E-state index contributed by atoms with van der Waals surface area (Å²) in [7, 11) is -0.903. The summed E-state index contributed by atoms with van der Waals surface area (Å²) in [5, 5.41) is 0.178. The van der Waals surface area contributed by atoms with Crippen molar-refractivity contribution in [2.45, 2.75) is 31.3 Å². The summed E-state index contributed by atoms with van der Waals surface area (Å²) in [4.78, 5) is 0. The number of ether oxygens (including phenoxy) is 2. The van der Waals surface area contributed by atoms with Crippen molar-refractivity contribution >= 4 is 16.5 Å². The van der Waals surface area contributed by atoms with Gasteiger partial charge in [0.15, 0.2) is 11.5 Å². The van der Waals surface area contributed by atoms with Gasteiger partial charge in [-0.2, -0.15) is 0 Å². The molecular weight excluding hydrogens is 250 g/mol. The number of nitrogens with two attached hydrogens (primary N) is 1. The van der Waals surface area contributed by atoms with Gasteiger partial charge in [0.1, 0.15) is 13.2 Å². The highest BCUT2D eigenvalue weighted by molar-refractivity contribution is 7.84. The first-order chi connectivity index (χ1) is 8.61. The van der Waals surface area contributed by atoms with Gasteiger partial charge in [0.25, 0.3) is 0 Å². The Kier molecular flexibility index (Phi) is 4.11. The fourth-order valence-electron chi connectivity index (χ4n) is 1.75. The lowest BCUT2D eigenvalue weighted by molar-refractivity contribution is 0.171. The molecule has 2 rings (SSSR count). The second-order valence-corrected chi connectivity index (χ2v) is 6.29. The van der Waals surface area contributed by atoms with Gasteiger partial charge < -0.3 is 15.2 Å². The van der Waals surface area contributed by atoms with Gasteiger partial charge in [-0.15, -0.1) is 0 Å². The van der Waals surface area contributed by atoms with E-state index in [0.29, 0.717) is 36.2 Å². The standard InChI is InChI=1S/C13H19NO3S/c1-3-9(2)18(15)8-10-6-12-13(7-11(10)14)17-5-4-16-12/h6-7,9H,3-5,8,14H2,1-2H3. The van der Waals surface area contributed by atoms with Crippen molar-refractivity contribution in [3.05, 3.63) is 17.7 Å². The average molecular weight is 269 g/mol. The molecule has 4 nitrogen and oxygen atoms in total. The normalized spacial score (nSPS) is 17.2. The number of anilines is 1. The molecular formula is C13H19NO3S. The van der Waals surface area contributed by atoms with E-state index in [1.807, 2.05) is 19.9 Å². The van der Waals surface area contributed by atoms with Crippen molar-refractivity contribution in [2.24, 2.45) is 0 Å². The summed E-state index contributed by atoms with van der Waals surface area (Å²) in [6, 6.07) is 3.61. The van der Waals surface area contributed by atoms with E-state index in [1.54, 1.807) is 6.07 Å². The molecule has 0 amide bonds. The average Bonchev–Trinajstić information content (AvgIpc) is 2.38. The Balaban J connectivity index is 2.20. The Morgan fingerprint density at radius 3 is 2.56 bits per heavy atom. The molecule has 2 unspecified atom stereocenters. The van der Waals surface area contributed by atoms with E-state index in [2.05, 4.69) is 0 Å². The summed E-state index contributed by atoms with van der Waals surface area (Å²) >= 11 is 0. The molecule has 0 aromatic heterocycles. The lowest BCUT2D eigenvalue weighted by Crippen LogP contribution is -2.17. The second kappa shape index (κ2) is 5.61. The molecule has 0 radical (unpaired) electrons. The van der Waals surface area contributed by atoms with E-state index in [4.69, 9.17) is 15.2 Å². The Hall–Kier alpha value is -1.23. The lowest BCUT2D eigenvalue weighted by atomic mass is 10.2. The van der Waals surface area contributed by atoms with Gasteiger partial charge in [-0.3, -0.25) is 4.21 Å². The van der Waals surface area contributed by atoms with E-state index in [0.717, 1.165) is 12.0 Å². The Morgan fingerprint density at radius 1 is 1.33 bits per heavy atom. The Labute approximate surface area is 110 Å². The summed E-state index contributed by atoms with van der Waals surface area (Å²) in [5.74, 6) is 1.85. The topological polar surface area (TPSA) is 61.6 Å². The summed E-state index contributed by atoms with van der Waals surface area (Å²) in [5.41, 5.74) is 7.46. The number of rotatable bonds is 4. The maximum Gasteiger partial charge on any atom is 0.163 e. The van der Waals surface area contributed by atoms with Crippen LogP contribution in [0.25, 0.3) is 0 Å². The van der Waals surface area contributed by atoms with Crippen LogP contribution < -0.4 is 15.2 Å². The fourth-order valence-corrected chi connectivity index (χ4v) is 2.97. The van der Waals surface area contributed by atoms with Crippen molar-refractivity contribution in [3.8, 4) is 11.5 Å². The molecule has 1 aromatic carbocycles. The van der Waals surface area contributed by atoms with Crippen molar-refractivity contribution < 1.29 is 13.7 Å². The molecule has 0 aliphatic carbocycles. The van der Waals surface area contributed by atoms with Gasteiger partial charge in [0.05, 0.1) is 5.75 Å². The molecule has 0 bridgehead atoms. The summed E-state index contributed by atoms with van der Waals surface area (Å²) in [6.45, 7) is 5.12. The van der Waals surface area contributed by atoms with Crippen LogP contribution in [0.1, 0.15) is 25.8 Å². The molecule has 100 valence electrons. The first-order valence-electron chi connectivity index (χ1n) is 6.17.